The van der Waals surface area contributed by atoms with Gasteiger partial charge in [-0.1, -0.05) is 37.6 Å². The van der Waals surface area contributed by atoms with Crippen LogP contribution in [0, 0.1) is 17.8 Å². The highest BCUT2D eigenvalue weighted by atomic mass is 16.6. The second-order valence-electron chi connectivity index (χ2n) is 6.94. The van der Waals surface area contributed by atoms with E-state index in [9.17, 15) is 9.90 Å². The fraction of sp³-hybridized carbons (Fsp3) is 0.706. The van der Waals surface area contributed by atoms with E-state index < -0.39 is 11.2 Å². The number of hydrogen-bond acceptors (Lipinski definition) is 3. The standard InChI is InChI=1S/C17H26O3/c1-11(2)13-6-9-17(5,20-12(3)18)14-7-8-16(4,19)15(14)10-13/h7-8,10-11,14-15,19H,6,9H2,1-5H3/t14-,15+,16?,17-/m1/s1. The van der Waals surface area contributed by atoms with Crippen molar-refractivity contribution in [2.75, 3.05) is 0 Å². The van der Waals surface area contributed by atoms with E-state index in [-0.39, 0.29) is 17.8 Å². The zero-order valence-corrected chi connectivity index (χ0v) is 13.1. The van der Waals surface area contributed by atoms with Crippen LogP contribution in [0.25, 0.3) is 0 Å². The maximum Gasteiger partial charge on any atom is 0.303 e. The minimum atomic E-state index is -0.865. The number of esters is 1. The molecular formula is C17H26O3. The third kappa shape index (κ3) is 2.69. The van der Waals surface area contributed by atoms with Gasteiger partial charge in [-0.15, -0.1) is 0 Å². The predicted octanol–water partition coefficient (Wildman–Crippen LogP) is 3.24. The first-order valence-electron chi connectivity index (χ1n) is 7.47. The highest BCUT2D eigenvalue weighted by Gasteiger charge is 2.50. The molecule has 0 amide bonds. The number of fused-ring (bicyclic) bond motifs is 1. The molecule has 0 heterocycles. The van der Waals surface area contributed by atoms with Crippen molar-refractivity contribution in [3.63, 3.8) is 0 Å². The lowest BCUT2D eigenvalue weighted by Gasteiger charge is -2.38. The molecule has 0 saturated carbocycles. The molecular weight excluding hydrogens is 252 g/mol. The molecule has 2 rings (SSSR count). The van der Waals surface area contributed by atoms with Crippen LogP contribution < -0.4 is 0 Å². The summed E-state index contributed by atoms with van der Waals surface area (Å²) in [5.74, 6) is 0.218. The van der Waals surface area contributed by atoms with Gasteiger partial charge in [-0.25, -0.2) is 0 Å². The van der Waals surface area contributed by atoms with E-state index >= 15 is 0 Å². The van der Waals surface area contributed by atoms with Gasteiger partial charge in [-0.3, -0.25) is 4.79 Å². The van der Waals surface area contributed by atoms with Crippen LogP contribution >= 0.6 is 0 Å². The van der Waals surface area contributed by atoms with Crippen molar-refractivity contribution in [2.24, 2.45) is 17.8 Å². The van der Waals surface area contributed by atoms with Crippen molar-refractivity contribution < 1.29 is 14.6 Å². The Hall–Kier alpha value is -1.09. The summed E-state index contributed by atoms with van der Waals surface area (Å²) in [5.41, 5.74) is -0.0585. The zero-order valence-electron chi connectivity index (χ0n) is 13.1. The number of hydrogen-bond donors (Lipinski definition) is 1. The fourth-order valence-electron chi connectivity index (χ4n) is 3.55. The van der Waals surface area contributed by atoms with E-state index in [1.165, 1.54) is 12.5 Å². The SMILES string of the molecule is CC(=O)O[C@]1(C)CCC(C(C)C)=C[C@H]2[C@H]1C=CC2(C)O. The summed E-state index contributed by atoms with van der Waals surface area (Å²) in [5, 5.41) is 10.6. The van der Waals surface area contributed by atoms with Gasteiger partial charge in [0.25, 0.3) is 0 Å². The molecule has 3 heteroatoms. The molecule has 2 aliphatic rings. The maximum atomic E-state index is 11.5. The second-order valence-corrected chi connectivity index (χ2v) is 6.94. The molecule has 112 valence electrons. The van der Waals surface area contributed by atoms with E-state index in [1.54, 1.807) is 0 Å². The van der Waals surface area contributed by atoms with Crippen molar-refractivity contribution in [3.8, 4) is 0 Å². The van der Waals surface area contributed by atoms with Crippen molar-refractivity contribution in [1.82, 2.24) is 0 Å². The van der Waals surface area contributed by atoms with Crippen molar-refractivity contribution in [3.05, 3.63) is 23.8 Å². The highest BCUT2D eigenvalue weighted by molar-refractivity contribution is 5.66. The molecule has 0 saturated heterocycles. The third-order valence-electron chi connectivity index (χ3n) is 4.83. The lowest BCUT2D eigenvalue weighted by atomic mass is 9.76. The topological polar surface area (TPSA) is 46.5 Å². The van der Waals surface area contributed by atoms with E-state index in [1.807, 2.05) is 26.0 Å². The van der Waals surface area contributed by atoms with E-state index in [2.05, 4.69) is 19.9 Å². The van der Waals surface area contributed by atoms with Crippen molar-refractivity contribution >= 4 is 5.97 Å². The number of aliphatic hydroxyl groups is 1. The molecule has 1 N–H and O–H groups in total. The molecule has 1 unspecified atom stereocenters. The van der Waals surface area contributed by atoms with Gasteiger partial charge in [0.2, 0.25) is 0 Å². The highest BCUT2D eigenvalue weighted by Crippen LogP contribution is 2.48. The Bertz CT molecular complexity index is 459. The first-order valence-corrected chi connectivity index (χ1v) is 7.47. The van der Waals surface area contributed by atoms with Gasteiger partial charge >= 0.3 is 5.97 Å². The molecule has 0 radical (unpaired) electrons. The van der Waals surface area contributed by atoms with Crippen LogP contribution in [0.1, 0.15) is 47.5 Å². The molecule has 0 aromatic carbocycles. The first-order chi connectivity index (χ1) is 9.16. The number of rotatable bonds is 2. The Morgan fingerprint density at radius 3 is 2.60 bits per heavy atom. The number of carbonyl (C=O) groups is 1. The van der Waals surface area contributed by atoms with E-state index in [0.717, 1.165) is 12.8 Å². The maximum absolute atomic E-state index is 11.5. The Morgan fingerprint density at radius 1 is 1.40 bits per heavy atom. The van der Waals surface area contributed by atoms with Crippen molar-refractivity contribution in [2.45, 2.75) is 58.7 Å². The molecule has 2 aliphatic carbocycles. The summed E-state index contributed by atoms with van der Waals surface area (Å²) in [6.45, 7) is 9.63. The van der Waals surface area contributed by atoms with Crippen LogP contribution in [-0.2, 0) is 9.53 Å². The van der Waals surface area contributed by atoms with E-state index in [0.29, 0.717) is 5.92 Å². The molecule has 0 aliphatic heterocycles. The smallest absolute Gasteiger partial charge is 0.303 e. The predicted molar refractivity (Wildman–Crippen MR) is 79.1 cm³/mol. The second kappa shape index (κ2) is 5.03. The Balaban J connectivity index is 2.40. The molecule has 4 atom stereocenters. The zero-order chi connectivity index (χ0) is 15.1. The average molecular weight is 278 g/mol. The lowest BCUT2D eigenvalue weighted by Crippen LogP contribution is -2.44. The minimum Gasteiger partial charge on any atom is -0.459 e. The Morgan fingerprint density at radius 2 is 2.05 bits per heavy atom. The van der Waals surface area contributed by atoms with Gasteiger partial charge in [-0.05, 0) is 32.6 Å². The third-order valence-corrected chi connectivity index (χ3v) is 4.83. The summed E-state index contributed by atoms with van der Waals surface area (Å²) in [7, 11) is 0. The molecule has 3 nitrogen and oxygen atoms in total. The minimum absolute atomic E-state index is 0.0215. The molecule has 0 bridgehead atoms. The summed E-state index contributed by atoms with van der Waals surface area (Å²) < 4.78 is 5.66. The summed E-state index contributed by atoms with van der Waals surface area (Å²) in [6.07, 6.45) is 7.80. The van der Waals surface area contributed by atoms with Crippen LogP contribution in [0.2, 0.25) is 0 Å². The summed E-state index contributed by atoms with van der Waals surface area (Å²) in [4.78, 5) is 11.5. The normalized spacial score (nSPS) is 40.2. The first kappa shape index (κ1) is 15.3. The Labute approximate surface area is 121 Å². The van der Waals surface area contributed by atoms with Crippen molar-refractivity contribution in [1.29, 1.82) is 0 Å². The van der Waals surface area contributed by atoms with Gasteiger partial charge in [-0.2, -0.15) is 0 Å². The van der Waals surface area contributed by atoms with Gasteiger partial charge in [0.15, 0.2) is 0 Å². The quantitative estimate of drug-likeness (QED) is 0.623. The number of allylic oxidation sites excluding steroid dienone is 1. The van der Waals surface area contributed by atoms with Crippen LogP contribution in [0.5, 0.6) is 0 Å². The number of ether oxygens (including phenoxy) is 1. The number of carbonyl (C=O) groups excluding carboxylic acids is 1. The van der Waals surface area contributed by atoms with Gasteiger partial charge in [0.1, 0.15) is 5.60 Å². The van der Waals surface area contributed by atoms with Crippen LogP contribution in [0.4, 0.5) is 0 Å². The van der Waals surface area contributed by atoms with E-state index in [4.69, 9.17) is 4.74 Å². The average Bonchev–Trinajstić information content (AvgIpc) is 2.50. The lowest BCUT2D eigenvalue weighted by molar-refractivity contribution is -0.162. The van der Waals surface area contributed by atoms with Gasteiger partial charge in [0.05, 0.1) is 5.60 Å². The molecule has 0 aromatic heterocycles. The van der Waals surface area contributed by atoms with Crippen LogP contribution in [-0.4, -0.2) is 22.3 Å². The van der Waals surface area contributed by atoms with Crippen LogP contribution in [0.3, 0.4) is 0 Å². The summed E-state index contributed by atoms with van der Waals surface area (Å²) >= 11 is 0. The summed E-state index contributed by atoms with van der Waals surface area (Å²) in [6, 6.07) is 0. The molecule has 0 fully saturated rings. The molecule has 0 spiro atoms. The van der Waals surface area contributed by atoms with Crippen LogP contribution in [0.15, 0.2) is 23.8 Å². The van der Waals surface area contributed by atoms with Gasteiger partial charge in [0, 0.05) is 18.8 Å². The molecule has 20 heavy (non-hydrogen) atoms. The fourth-order valence-corrected chi connectivity index (χ4v) is 3.55. The Kier molecular flexibility index (Phi) is 3.85. The van der Waals surface area contributed by atoms with Gasteiger partial charge < -0.3 is 9.84 Å². The largest absolute Gasteiger partial charge is 0.459 e. The molecule has 0 aromatic rings. The monoisotopic (exact) mass is 278 g/mol.